The molecule has 27 heavy (non-hydrogen) atoms. The lowest BCUT2D eigenvalue weighted by Gasteiger charge is -2.25. The molecule has 0 saturated carbocycles. The highest BCUT2D eigenvalue weighted by atomic mass is 16.4. The number of nitrogens with zero attached hydrogens (tertiary/aromatic N) is 3. The maximum atomic E-state index is 12.7. The Morgan fingerprint density at radius 1 is 1.26 bits per heavy atom. The lowest BCUT2D eigenvalue weighted by molar-refractivity contribution is -0.132. The highest BCUT2D eigenvalue weighted by molar-refractivity contribution is 5.76. The van der Waals surface area contributed by atoms with Crippen LogP contribution in [0.15, 0.2) is 9.21 Å². The second-order valence-electron chi connectivity index (χ2n) is 7.71. The molecule has 0 spiro atoms. The van der Waals surface area contributed by atoms with E-state index in [9.17, 15) is 9.59 Å². The summed E-state index contributed by atoms with van der Waals surface area (Å²) < 4.78 is 5.87. The van der Waals surface area contributed by atoms with Crippen molar-refractivity contribution in [3.63, 3.8) is 0 Å². The summed E-state index contributed by atoms with van der Waals surface area (Å²) in [5.74, 6) is 2.42. The van der Waals surface area contributed by atoms with E-state index < -0.39 is 0 Å². The van der Waals surface area contributed by atoms with Crippen LogP contribution >= 0.6 is 0 Å². The van der Waals surface area contributed by atoms with Gasteiger partial charge in [-0.2, -0.15) is 4.98 Å². The van der Waals surface area contributed by atoms with Crippen LogP contribution in [0, 0.1) is 19.8 Å². The topological polar surface area (TPSA) is 92.1 Å². The Labute approximate surface area is 159 Å². The Balaban J connectivity index is 1.60. The lowest BCUT2D eigenvalue weighted by Crippen LogP contribution is -2.36. The molecule has 0 aromatic carbocycles. The molecule has 1 aliphatic heterocycles. The monoisotopic (exact) mass is 372 g/mol. The van der Waals surface area contributed by atoms with Crippen molar-refractivity contribution in [1.82, 2.24) is 19.9 Å². The normalized spacial score (nSPS) is 13.9. The number of H-pyrrole nitrogens is 1. The predicted octanol–water partition coefficient (Wildman–Crippen LogP) is 2.48. The van der Waals surface area contributed by atoms with Gasteiger partial charge in [0.05, 0.1) is 6.54 Å². The number of aromatic nitrogens is 3. The first-order valence-electron chi connectivity index (χ1n) is 9.65. The number of nitrogens with one attached hydrogen (secondary N) is 1. The van der Waals surface area contributed by atoms with Gasteiger partial charge in [-0.3, -0.25) is 4.79 Å². The molecular formula is C20H28N4O3. The predicted molar refractivity (Wildman–Crippen MR) is 101 cm³/mol. The van der Waals surface area contributed by atoms with E-state index >= 15 is 0 Å². The first-order chi connectivity index (χ1) is 12.8. The Morgan fingerprint density at radius 3 is 2.74 bits per heavy atom. The van der Waals surface area contributed by atoms with Crippen molar-refractivity contribution in [3.05, 3.63) is 44.8 Å². The molecule has 1 aliphatic rings. The third-order valence-corrected chi connectivity index (χ3v) is 5.10. The molecule has 0 bridgehead atoms. The van der Waals surface area contributed by atoms with Crippen LogP contribution in [0.25, 0.3) is 0 Å². The van der Waals surface area contributed by atoms with E-state index in [1.807, 2.05) is 18.7 Å². The fourth-order valence-electron chi connectivity index (χ4n) is 3.50. The molecule has 0 unspecified atom stereocenters. The number of hydrogen-bond donors (Lipinski definition) is 1. The van der Waals surface area contributed by atoms with Crippen LogP contribution in [0.1, 0.15) is 61.0 Å². The van der Waals surface area contributed by atoms with Crippen molar-refractivity contribution < 1.29 is 9.21 Å². The molecule has 1 N–H and O–H groups in total. The number of oxazole rings is 1. The van der Waals surface area contributed by atoms with Gasteiger partial charge < -0.3 is 14.3 Å². The van der Waals surface area contributed by atoms with E-state index in [2.05, 4.69) is 28.8 Å². The minimum Gasteiger partial charge on any atom is -0.445 e. The van der Waals surface area contributed by atoms with Gasteiger partial charge in [-0.25, -0.2) is 9.78 Å². The number of hydrogen-bond acceptors (Lipinski definition) is 5. The van der Waals surface area contributed by atoms with E-state index in [0.29, 0.717) is 44.0 Å². The fraction of sp³-hybridized carbons (Fsp3) is 0.600. The molecule has 3 rings (SSSR count). The zero-order valence-electron chi connectivity index (χ0n) is 16.6. The highest BCUT2D eigenvalue weighted by Crippen LogP contribution is 2.22. The lowest BCUT2D eigenvalue weighted by atomic mass is 10.1. The Kier molecular flexibility index (Phi) is 5.77. The molecule has 2 aromatic rings. The molecule has 1 amide bonds. The SMILES string of the molecule is Cc1nc(=O)[nH]c(C)c1CCC(=O)N1CCc2oc(CCC(C)C)nc2C1. The van der Waals surface area contributed by atoms with Gasteiger partial charge in [-0.15, -0.1) is 0 Å². The summed E-state index contributed by atoms with van der Waals surface area (Å²) in [5.41, 5.74) is 2.97. The zero-order chi connectivity index (χ0) is 19.6. The fourth-order valence-corrected chi connectivity index (χ4v) is 3.50. The van der Waals surface area contributed by atoms with Gasteiger partial charge in [0.2, 0.25) is 5.91 Å². The average Bonchev–Trinajstić information content (AvgIpc) is 3.00. The van der Waals surface area contributed by atoms with Crippen molar-refractivity contribution in [1.29, 1.82) is 0 Å². The quantitative estimate of drug-likeness (QED) is 0.841. The number of aromatic amines is 1. The van der Waals surface area contributed by atoms with Gasteiger partial charge in [0.1, 0.15) is 11.5 Å². The smallest absolute Gasteiger partial charge is 0.345 e. The van der Waals surface area contributed by atoms with Gasteiger partial charge in [-0.05, 0) is 38.2 Å². The van der Waals surface area contributed by atoms with E-state index in [1.54, 1.807) is 0 Å². The molecule has 7 nitrogen and oxygen atoms in total. The van der Waals surface area contributed by atoms with Crippen molar-refractivity contribution in [2.75, 3.05) is 6.54 Å². The first-order valence-corrected chi connectivity index (χ1v) is 9.65. The number of rotatable bonds is 6. The van der Waals surface area contributed by atoms with Crippen molar-refractivity contribution in [2.45, 2.75) is 66.3 Å². The number of fused-ring (bicyclic) bond motifs is 1. The summed E-state index contributed by atoms with van der Waals surface area (Å²) in [4.78, 5) is 37.1. The largest absolute Gasteiger partial charge is 0.445 e. The van der Waals surface area contributed by atoms with Crippen LogP contribution < -0.4 is 5.69 Å². The minimum atomic E-state index is -0.345. The van der Waals surface area contributed by atoms with E-state index in [4.69, 9.17) is 4.42 Å². The third kappa shape index (κ3) is 4.64. The Hall–Kier alpha value is -2.44. The molecule has 3 heterocycles. The van der Waals surface area contributed by atoms with E-state index in [0.717, 1.165) is 41.4 Å². The van der Waals surface area contributed by atoms with Gasteiger partial charge in [0, 0.05) is 37.2 Å². The van der Waals surface area contributed by atoms with E-state index in [-0.39, 0.29) is 11.6 Å². The van der Waals surface area contributed by atoms with Gasteiger partial charge in [-0.1, -0.05) is 13.8 Å². The van der Waals surface area contributed by atoms with Crippen LogP contribution in [0.3, 0.4) is 0 Å². The molecule has 0 atom stereocenters. The molecule has 146 valence electrons. The maximum absolute atomic E-state index is 12.7. The zero-order valence-corrected chi connectivity index (χ0v) is 16.6. The summed E-state index contributed by atoms with van der Waals surface area (Å²) in [7, 11) is 0. The molecule has 0 aliphatic carbocycles. The number of carbonyl (C=O) groups is 1. The summed E-state index contributed by atoms with van der Waals surface area (Å²) in [6.07, 6.45) is 3.57. The highest BCUT2D eigenvalue weighted by Gasteiger charge is 2.25. The first kappa shape index (κ1) is 19.3. The Bertz CT molecular complexity index is 856. The maximum Gasteiger partial charge on any atom is 0.345 e. The van der Waals surface area contributed by atoms with Gasteiger partial charge in [0.25, 0.3) is 0 Å². The molecule has 7 heteroatoms. The summed E-state index contributed by atoms with van der Waals surface area (Å²) in [5, 5.41) is 0. The third-order valence-electron chi connectivity index (χ3n) is 5.10. The molecule has 0 fully saturated rings. The number of amides is 1. The second-order valence-corrected chi connectivity index (χ2v) is 7.71. The standard InChI is InChI=1S/C20H28N4O3/c1-12(2)5-7-18-23-16-11-24(10-9-17(16)27-18)19(25)8-6-15-13(3)21-20(26)22-14(15)4/h12H,5-11H2,1-4H3,(H,21,22,26). The van der Waals surface area contributed by atoms with Crippen molar-refractivity contribution in [3.8, 4) is 0 Å². The second kappa shape index (κ2) is 8.06. The average molecular weight is 372 g/mol. The van der Waals surface area contributed by atoms with Crippen LogP contribution in [0.4, 0.5) is 0 Å². The molecule has 0 radical (unpaired) electrons. The Morgan fingerprint density at radius 2 is 2.04 bits per heavy atom. The molecular weight excluding hydrogens is 344 g/mol. The number of aryl methyl sites for hydroxylation is 3. The summed E-state index contributed by atoms with van der Waals surface area (Å²) >= 11 is 0. The van der Waals surface area contributed by atoms with Crippen molar-refractivity contribution in [2.24, 2.45) is 5.92 Å². The minimum absolute atomic E-state index is 0.0948. The number of carbonyl (C=O) groups excluding carboxylic acids is 1. The van der Waals surface area contributed by atoms with Crippen LogP contribution in [-0.4, -0.2) is 32.3 Å². The van der Waals surface area contributed by atoms with Crippen LogP contribution in [-0.2, 0) is 30.6 Å². The van der Waals surface area contributed by atoms with Crippen LogP contribution in [0.2, 0.25) is 0 Å². The molecule has 2 aromatic heterocycles. The molecule has 0 saturated heterocycles. The van der Waals surface area contributed by atoms with E-state index in [1.165, 1.54) is 0 Å². The van der Waals surface area contributed by atoms with Crippen molar-refractivity contribution >= 4 is 5.91 Å². The summed E-state index contributed by atoms with van der Waals surface area (Å²) in [6, 6.07) is 0. The van der Waals surface area contributed by atoms with Gasteiger partial charge >= 0.3 is 5.69 Å². The summed E-state index contributed by atoms with van der Waals surface area (Å²) in [6.45, 7) is 9.20. The van der Waals surface area contributed by atoms with Gasteiger partial charge in [0.15, 0.2) is 5.89 Å². The van der Waals surface area contributed by atoms with Crippen LogP contribution in [0.5, 0.6) is 0 Å².